The second-order valence-electron chi connectivity index (χ2n) is 4.14. The molecule has 0 spiro atoms. The fraction of sp³-hybridized carbons (Fsp3) is 0.143. The number of rotatable bonds is 2. The normalized spacial score (nSPS) is 12.5. The Morgan fingerprint density at radius 3 is 2.16 bits per heavy atom. The average Bonchev–Trinajstić information content (AvgIpc) is 2.39. The number of alkyl halides is 1. The quantitative estimate of drug-likeness (QED) is 0.411. The van der Waals surface area contributed by atoms with Gasteiger partial charge in [-0.05, 0) is 30.2 Å². The van der Waals surface area contributed by atoms with E-state index in [9.17, 15) is 17.6 Å². The van der Waals surface area contributed by atoms with Gasteiger partial charge in [0.2, 0.25) is 0 Å². The van der Waals surface area contributed by atoms with Crippen molar-refractivity contribution in [2.75, 3.05) is 0 Å². The summed E-state index contributed by atoms with van der Waals surface area (Å²) >= 11 is 3.21. The molecule has 5 heteroatoms. The molecule has 0 saturated carbocycles. The number of hydrogen-bond acceptors (Lipinski definition) is 0. The zero-order chi connectivity index (χ0) is 14.2. The van der Waals surface area contributed by atoms with Crippen LogP contribution in [0.15, 0.2) is 30.3 Å². The molecule has 0 nitrogen and oxygen atoms in total. The zero-order valence-electron chi connectivity index (χ0n) is 9.85. The Bertz CT molecular complexity index is 625. The van der Waals surface area contributed by atoms with Crippen molar-refractivity contribution in [1.29, 1.82) is 0 Å². The Hall–Kier alpha value is -1.36. The van der Waals surface area contributed by atoms with Gasteiger partial charge in [0.25, 0.3) is 0 Å². The minimum absolute atomic E-state index is 0.0371. The number of aryl methyl sites for hydroxylation is 1. The van der Waals surface area contributed by atoms with E-state index in [0.717, 1.165) is 12.1 Å². The van der Waals surface area contributed by atoms with Crippen molar-refractivity contribution in [2.24, 2.45) is 0 Å². The molecular formula is C14H9BrF4. The van der Waals surface area contributed by atoms with Crippen LogP contribution in [0.3, 0.4) is 0 Å². The van der Waals surface area contributed by atoms with Gasteiger partial charge in [-0.3, -0.25) is 0 Å². The van der Waals surface area contributed by atoms with Crippen molar-refractivity contribution < 1.29 is 17.6 Å². The molecule has 2 aromatic carbocycles. The van der Waals surface area contributed by atoms with Crippen LogP contribution in [-0.2, 0) is 0 Å². The average molecular weight is 333 g/mol. The SMILES string of the molecule is Cc1cc(C(Br)c2ccc(F)c(F)c2F)ccc1F. The van der Waals surface area contributed by atoms with Gasteiger partial charge in [-0.25, -0.2) is 17.6 Å². The summed E-state index contributed by atoms with van der Waals surface area (Å²) in [4.78, 5) is -0.679. The molecule has 0 aliphatic carbocycles. The first-order valence-electron chi connectivity index (χ1n) is 5.45. The Labute approximate surface area is 116 Å². The summed E-state index contributed by atoms with van der Waals surface area (Å²) in [6.45, 7) is 1.57. The van der Waals surface area contributed by atoms with E-state index in [1.807, 2.05) is 0 Å². The van der Waals surface area contributed by atoms with Crippen LogP contribution in [0.5, 0.6) is 0 Å². The van der Waals surface area contributed by atoms with E-state index in [1.54, 1.807) is 6.92 Å². The molecule has 0 radical (unpaired) electrons. The highest BCUT2D eigenvalue weighted by Gasteiger charge is 2.20. The number of hydrogen-bond donors (Lipinski definition) is 0. The predicted octanol–water partition coefficient (Wildman–Crippen LogP) is 5.04. The van der Waals surface area contributed by atoms with Crippen LogP contribution >= 0.6 is 15.9 Å². The van der Waals surface area contributed by atoms with E-state index in [2.05, 4.69) is 15.9 Å². The maximum Gasteiger partial charge on any atom is 0.194 e. The summed E-state index contributed by atoms with van der Waals surface area (Å²) in [5, 5.41) is 0. The summed E-state index contributed by atoms with van der Waals surface area (Å²) in [6, 6.07) is 6.25. The highest BCUT2D eigenvalue weighted by Crippen LogP contribution is 2.34. The second-order valence-corrected chi connectivity index (χ2v) is 5.05. The van der Waals surface area contributed by atoms with Crippen LogP contribution in [0, 0.1) is 30.2 Å². The first kappa shape index (κ1) is 14.1. The minimum Gasteiger partial charge on any atom is -0.207 e. The van der Waals surface area contributed by atoms with Crippen molar-refractivity contribution >= 4 is 15.9 Å². The number of halogens is 5. The van der Waals surface area contributed by atoms with Gasteiger partial charge in [-0.1, -0.05) is 34.1 Å². The van der Waals surface area contributed by atoms with E-state index in [-0.39, 0.29) is 11.4 Å². The van der Waals surface area contributed by atoms with Crippen molar-refractivity contribution in [1.82, 2.24) is 0 Å². The van der Waals surface area contributed by atoms with Gasteiger partial charge >= 0.3 is 0 Å². The predicted molar refractivity (Wildman–Crippen MR) is 68.2 cm³/mol. The summed E-state index contributed by atoms with van der Waals surface area (Å²) in [6.07, 6.45) is 0. The molecule has 19 heavy (non-hydrogen) atoms. The highest BCUT2D eigenvalue weighted by molar-refractivity contribution is 9.09. The van der Waals surface area contributed by atoms with E-state index >= 15 is 0 Å². The van der Waals surface area contributed by atoms with Gasteiger partial charge in [-0.15, -0.1) is 0 Å². The lowest BCUT2D eigenvalue weighted by Crippen LogP contribution is -2.02. The van der Waals surface area contributed by atoms with Crippen molar-refractivity contribution in [2.45, 2.75) is 11.8 Å². The van der Waals surface area contributed by atoms with E-state index < -0.39 is 22.3 Å². The summed E-state index contributed by atoms with van der Waals surface area (Å²) in [5.41, 5.74) is 0.915. The molecule has 0 fully saturated rings. The molecule has 0 heterocycles. The molecule has 0 amide bonds. The van der Waals surface area contributed by atoms with Gasteiger partial charge in [0, 0.05) is 5.56 Å². The first-order valence-corrected chi connectivity index (χ1v) is 6.37. The lowest BCUT2D eigenvalue weighted by molar-refractivity contribution is 0.442. The third-order valence-corrected chi connectivity index (χ3v) is 3.83. The Morgan fingerprint density at radius 1 is 0.895 bits per heavy atom. The molecule has 100 valence electrons. The van der Waals surface area contributed by atoms with Gasteiger partial charge in [-0.2, -0.15) is 0 Å². The Balaban J connectivity index is 2.47. The van der Waals surface area contributed by atoms with Gasteiger partial charge in [0.1, 0.15) is 5.82 Å². The maximum atomic E-state index is 13.7. The Morgan fingerprint density at radius 2 is 1.53 bits per heavy atom. The molecule has 0 aromatic heterocycles. The topological polar surface area (TPSA) is 0 Å². The van der Waals surface area contributed by atoms with Crippen LogP contribution in [0.1, 0.15) is 21.5 Å². The van der Waals surface area contributed by atoms with Crippen LogP contribution < -0.4 is 0 Å². The molecule has 0 aliphatic heterocycles. The summed E-state index contributed by atoms with van der Waals surface area (Å²) in [5.74, 6) is -4.38. The van der Waals surface area contributed by atoms with Crippen LogP contribution in [0.4, 0.5) is 17.6 Å². The maximum absolute atomic E-state index is 13.7. The molecule has 0 N–H and O–H groups in total. The summed E-state index contributed by atoms with van der Waals surface area (Å²) < 4.78 is 52.9. The number of benzene rings is 2. The molecular weight excluding hydrogens is 324 g/mol. The molecule has 2 rings (SSSR count). The van der Waals surface area contributed by atoms with E-state index in [0.29, 0.717) is 11.1 Å². The zero-order valence-corrected chi connectivity index (χ0v) is 11.4. The smallest absolute Gasteiger partial charge is 0.194 e. The molecule has 1 unspecified atom stereocenters. The van der Waals surface area contributed by atoms with Gasteiger partial charge in [0.15, 0.2) is 17.5 Å². The summed E-state index contributed by atoms with van der Waals surface area (Å²) in [7, 11) is 0. The third kappa shape index (κ3) is 2.66. The molecule has 0 aliphatic rings. The molecule has 1 atom stereocenters. The monoisotopic (exact) mass is 332 g/mol. The van der Waals surface area contributed by atoms with E-state index in [4.69, 9.17) is 0 Å². The van der Waals surface area contributed by atoms with Gasteiger partial charge in [0.05, 0.1) is 4.83 Å². The van der Waals surface area contributed by atoms with Crippen LogP contribution in [0.2, 0.25) is 0 Å². The van der Waals surface area contributed by atoms with Crippen molar-refractivity contribution in [3.05, 3.63) is 70.3 Å². The van der Waals surface area contributed by atoms with Crippen molar-refractivity contribution in [3.8, 4) is 0 Å². The lowest BCUT2D eigenvalue weighted by Gasteiger charge is -2.13. The second kappa shape index (κ2) is 5.33. The highest BCUT2D eigenvalue weighted by atomic mass is 79.9. The minimum atomic E-state index is -1.51. The van der Waals surface area contributed by atoms with E-state index in [1.165, 1.54) is 18.2 Å². The third-order valence-electron chi connectivity index (χ3n) is 2.81. The Kier molecular flexibility index (Phi) is 3.94. The standard InChI is InChI=1S/C14H9BrF4/c1-7-6-8(2-4-10(7)16)12(15)9-3-5-11(17)14(19)13(9)18/h2-6,12H,1H3. The fourth-order valence-electron chi connectivity index (χ4n) is 1.74. The van der Waals surface area contributed by atoms with Crippen LogP contribution in [0.25, 0.3) is 0 Å². The molecule has 2 aromatic rings. The lowest BCUT2D eigenvalue weighted by atomic mass is 10.0. The molecule has 0 bridgehead atoms. The fourth-order valence-corrected chi connectivity index (χ4v) is 2.38. The molecule has 0 saturated heterocycles. The largest absolute Gasteiger partial charge is 0.207 e. The van der Waals surface area contributed by atoms with Crippen molar-refractivity contribution in [3.63, 3.8) is 0 Å². The van der Waals surface area contributed by atoms with Gasteiger partial charge < -0.3 is 0 Å². The van der Waals surface area contributed by atoms with Crippen LogP contribution in [-0.4, -0.2) is 0 Å². The first-order chi connectivity index (χ1) is 8.91.